The number of carbonyl (C=O) groups excluding carboxylic acids is 2. The molecule has 2 saturated heterocycles. The quantitative estimate of drug-likeness (QED) is 0.820. The molecule has 2 unspecified atom stereocenters. The first-order valence-electron chi connectivity index (χ1n) is 7.05. The maximum Gasteiger partial charge on any atom is 0.251 e. The number of piperidine rings is 1. The number of hydrogen-bond donors (Lipinski definition) is 2. The number of thioether (sulfide) groups is 1. The van der Waals surface area contributed by atoms with Crippen molar-refractivity contribution in [2.75, 3.05) is 5.75 Å². The third kappa shape index (κ3) is 3.64. The average Bonchev–Trinajstić information content (AvgIpc) is 2.90. The Labute approximate surface area is 127 Å². The molecule has 0 bridgehead atoms. The van der Waals surface area contributed by atoms with Gasteiger partial charge in [0.1, 0.15) is 6.04 Å². The summed E-state index contributed by atoms with van der Waals surface area (Å²) in [7, 11) is 0. The molecule has 110 valence electrons. The summed E-state index contributed by atoms with van der Waals surface area (Å²) in [6, 6.07) is 10.2. The van der Waals surface area contributed by atoms with Crippen molar-refractivity contribution in [3.63, 3.8) is 0 Å². The van der Waals surface area contributed by atoms with Crippen LogP contribution in [0.4, 0.5) is 0 Å². The summed E-state index contributed by atoms with van der Waals surface area (Å²) in [5.41, 5.74) is 1.29. The van der Waals surface area contributed by atoms with E-state index in [1.165, 1.54) is 5.56 Å². The van der Waals surface area contributed by atoms with Crippen LogP contribution in [0.3, 0.4) is 0 Å². The minimum atomic E-state index is -0.437. The van der Waals surface area contributed by atoms with Crippen molar-refractivity contribution in [3.8, 4) is 0 Å². The number of nitrogens with zero attached hydrogens (tertiary/aromatic N) is 1. The van der Waals surface area contributed by atoms with Crippen LogP contribution in [-0.4, -0.2) is 34.8 Å². The lowest BCUT2D eigenvalue weighted by atomic mass is 10.1. The molecule has 2 N–H and O–H groups in total. The Morgan fingerprint density at radius 2 is 2.05 bits per heavy atom. The summed E-state index contributed by atoms with van der Waals surface area (Å²) < 4.78 is 0. The number of amidine groups is 1. The van der Waals surface area contributed by atoms with Gasteiger partial charge in [0, 0.05) is 18.2 Å². The van der Waals surface area contributed by atoms with Gasteiger partial charge in [0.2, 0.25) is 5.91 Å². The van der Waals surface area contributed by atoms with E-state index < -0.39 is 6.04 Å². The molecule has 2 heterocycles. The van der Waals surface area contributed by atoms with Crippen LogP contribution in [0.1, 0.15) is 18.4 Å². The number of nitrogens with one attached hydrogen (secondary N) is 2. The number of aliphatic imine (C=N–C) groups is 1. The molecule has 2 fully saturated rings. The molecule has 21 heavy (non-hydrogen) atoms. The molecule has 0 aliphatic carbocycles. The summed E-state index contributed by atoms with van der Waals surface area (Å²) in [6.07, 6.45) is 1.81. The molecular formula is C15H17N3O2S. The van der Waals surface area contributed by atoms with Crippen LogP contribution in [0.5, 0.6) is 0 Å². The van der Waals surface area contributed by atoms with Crippen molar-refractivity contribution in [1.29, 1.82) is 0 Å². The SMILES string of the molecule is O=C1CCC(N=C2NC(Cc3ccccc3)CS2)C(=O)N1. The highest BCUT2D eigenvalue weighted by atomic mass is 32.2. The van der Waals surface area contributed by atoms with E-state index in [9.17, 15) is 9.59 Å². The minimum absolute atomic E-state index is 0.203. The highest BCUT2D eigenvalue weighted by molar-refractivity contribution is 8.14. The molecule has 0 saturated carbocycles. The minimum Gasteiger partial charge on any atom is -0.361 e. The van der Waals surface area contributed by atoms with E-state index in [1.54, 1.807) is 11.8 Å². The molecule has 5 nitrogen and oxygen atoms in total. The number of amides is 2. The third-order valence-electron chi connectivity index (χ3n) is 3.56. The van der Waals surface area contributed by atoms with Crippen LogP contribution >= 0.6 is 11.8 Å². The van der Waals surface area contributed by atoms with Crippen molar-refractivity contribution in [3.05, 3.63) is 35.9 Å². The molecule has 2 atom stereocenters. The standard InChI is InChI=1S/C15H17N3O2S/c19-13-7-6-12(14(20)18-13)17-15-16-11(9-21-15)8-10-4-2-1-3-5-10/h1-5,11-12H,6-9H2,(H,16,17)(H,18,19,20). The lowest BCUT2D eigenvalue weighted by molar-refractivity contribution is -0.133. The fourth-order valence-electron chi connectivity index (χ4n) is 2.47. The molecule has 1 aromatic carbocycles. The van der Waals surface area contributed by atoms with E-state index in [-0.39, 0.29) is 11.8 Å². The smallest absolute Gasteiger partial charge is 0.251 e. The summed E-state index contributed by atoms with van der Waals surface area (Å²) in [5.74, 6) is 0.458. The number of rotatable bonds is 3. The lowest BCUT2D eigenvalue weighted by Gasteiger charge is -2.18. The van der Waals surface area contributed by atoms with Crippen LogP contribution in [0, 0.1) is 0 Å². The molecule has 6 heteroatoms. The van der Waals surface area contributed by atoms with Crippen LogP contribution in [0.2, 0.25) is 0 Å². The predicted octanol–water partition coefficient (Wildman–Crippen LogP) is 1.10. The van der Waals surface area contributed by atoms with Gasteiger partial charge in [0.05, 0.1) is 0 Å². The molecule has 2 amide bonds. The van der Waals surface area contributed by atoms with Crippen LogP contribution in [0.15, 0.2) is 35.3 Å². The summed E-state index contributed by atoms with van der Waals surface area (Å²) >= 11 is 1.64. The topological polar surface area (TPSA) is 70.6 Å². The Hall–Kier alpha value is -1.82. The van der Waals surface area contributed by atoms with Crippen molar-refractivity contribution in [1.82, 2.24) is 10.6 Å². The molecule has 0 radical (unpaired) electrons. The first-order chi connectivity index (χ1) is 10.2. The molecule has 2 aliphatic heterocycles. The third-order valence-corrected chi connectivity index (χ3v) is 4.62. The normalized spacial score (nSPS) is 27.5. The first kappa shape index (κ1) is 14.1. The van der Waals surface area contributed by atoms with Gasteiger partial charge in [-0.3, -0.25) is 14.9 Å². The Balaban J connectivity index is 1.58. The Kier molecular flexibility index (Phi) is 4.24. The van der Waals surface area contributed by atoms with Crippen molar-refractivity contribution < 1.29 is 9.59 Å². The highest BCUT2D eigenvalue weighted by Gasteiger charge is 2.28. The van der Waals surface area contributed by atoms with Gasteiger partial charge >= 0.3 is 0 Å². The van der Waals surface area contributed by atoms with Gasteiger partial charge in [-0.05, 0) is 18.4 Å². The van der Waals surface area contributed by atoms with E-state index >= 15 is 0 Å². The Morgan fingerprint density at radius 1 is 1.24 bits per heavy atom. The number of carbonyl (C=O) groups is 2. The first-order valence-corrected chi connectivity index (χ1v) is 8.04. The summed E-state index contributed by atoms with van der Waals surface area (Å²) in [5, 5.41) is 6.51. The van der Waals surface area contributed by atoms with Gasteiger partial charge in [-0.25, -0.2) is 4.99 Å². The van der Waals surface area contributed by atoms with Gasteiger partial charge in [-0.15, -0.1) is 0 Å². The lowest BCUT2D eigenvalue weighted by Crippen LogP contribution is -2.43. The summed E-state index contributed by atoms with van der Waals surface area (Å²) in [4.78, 5) is 27.2. The molecule has 1 aromatic rings. The zero-order chi connectivity index (χ0) is 14.7. The van der Waals surface area contributed by atoms with Crippen LogP contribution in [-0.2, 0) is 16.0 Å². The highest BCUT2D eigenvalue weighted by Crippen LogP contribution is 2.19. The van der Waals surface area contributed by atoms with Crippen molar-refractivity contribution >= 4 is 28.7 Å². The molecule has 2 aliphatic rings. The van der Waals surface area contributed by atoms with Crippen LogP contribution < -0.4 is 10.6 Å². The Bertz CT molecular complexity index is 574. The molecule has 3 rings (SSSR count). The maximum atomic E-state index is 11.7. The van der Waals surface area contributed by atoms with Gasteiger partial charge in [-0.2, -0.15) is 0 Å². The number of hydrogen-bond acceptors (Lipinski definition) is 4. The van der Waals surface area contributed by atoms with Crippen molar-refractivity contribution in [2.45, 2.75) is 31.3 Å². The predicted molar refractivity (Wildman–Crippen MR) is 83.1 cm³/mol. The second-order valence-corrected chi connectivity index (χ2v) is 6.25. The Morgan fingerprint density at radius 3 is 2.81 bits per heavy atom. The fourth-order valence-corrected chi connectivity index (χ4v) is 3.48. The molecule has 0 spiro atoms. The molecule has 0 aromatic heterocycles. The zero-order valence-corrected chi connectivity index (χ0v) is 12.4. The average molecular weight is 303 g/mol. The number of benzene rings is 1. The van der Waals surface area contributed by atoms with E-state index in [0.29, 0.717) is 18.9 Å². The van der Waals surface area contributed by atoms with E-state index in [2.05, 4.69) is 27.8 Å². The maximum absolute atomic E-state index is 11.7. The van der Waals surface area contributed by atoms with Gasteiger partial charge in [0.15, 0.2) is 5.17 Å². The largest absolute Gasteiger partial charge is 0.361 e. The fraction of sp³-hybridized carbons (Fsp3) is 0.400. The van der Waals surface area contributed by atoms with E-state index in [4.69, 9.17) is 0 Å². The van der Waals surface area contributed by atoms with Crippen LogP contribution in [0.25, 0.3) is 0 Å². The second-order valence-electron chi connectivity index (χ2n) is 5.24. The molecular weight excluding hydrogens is 286 g/mol. The van der Waals surface area contributed by atoms with Gasteiger partial charge in [0.25, 0.3) is 5.91 Å². The van der Waals surface area contributed by atoms with E-state index in [0.717, 1.165) is 17.3 Å². The van der Waals surface area contributed by atoms with E-state index in [1.807, 2.05) is 18.2 Å². The van der Waals surface area contributed by atoms with Gasteiger partial charge in [-0.1, -0.05) is 42.1 Å². The second kappa shape index (κ2) is 6.30. The van der Waals surface area contributed by atoms with Crippen molar-refractivity contribution in [2.24, 2.45) is 4.99 Å². The van der Waals surface area contributed by atoms with Gasteiger partial charge < -0.3 is 5.32 Å². The zero-order valence-electron chi connectivity index (χ0n) is 11.5. The number of imide groups is 1. The monoisotopic (exact) mass is 303 g/mol. The summed E-state index contributed by atoms with van der Waals surface area (Å²) in [6.45, 7) is 0.